The third-order valence-corrected chi connectivity index (χ3v) is 1.41. The smallest absolute Gasteiger partial charge is 0.331 e. The molecule has 10 heavy (non-hydrogen) atoms. The maximum absolute atomic E-state index is 10.6. The van der Waals surface area contributed by atoms with Gasteiger partial charge in [0.25, 0.3) is 0 Å². The number of Topliss-reactive ketones (excluding diaryl/α,β-unsaturated/α-hetero) is 1. The third kappa shape index (κ3) is 2.01. The van der Waals surface area contributed by atoms with Crippen LogP contribution in [-0.4, -0.2) is 16.9 Å². The first kappa shape index (κ1) is 8.88. The van der Waals surface area contributed by atoms with E-state index in [0.29, 0.717) is 5.57 Å². The van der Waals surface area contributed by atoms with Crippen LogP contribution in [-0.2, 0) is 9.59 Å². The highest BCUT2D eigenvalue weighted by Crippen LogP contribution is 2.03. The lowest BCUT2D eigenvalue weighted by Crippen LogP contribution is -2.04. The van der Waals surface area contributed by atoms with E-state index in [-0.39, 0.29) is 11.4 Å². The number of ketones is 1. The van der Waals surface area contributed by atoms with Crippen molar-refractivity contribution in [1.82, 2.24) is 0 Å². The van der Waals surface area contributed by atoms with Crippen LogP contribution in [0, 0.1) is 0 Å². The van der Waals surface area contributed by atoms with Crippen LogP contribution in [0.15, 0.2) is 11.1 Å². The van der Waals surface area contributed by atoms with Crippen molar-refractivity contribution in [2.45, 2.75) is 20.8 Å². The summed E-state index contributed by atoms with van der Waals surface area (Å²) in [7, 11) is 0. The van der Waals surface area contributed by atoms with Gasteiger partial charge in [-0.1, -0.05) is 0 Å². The van der Waals surface area contributed by atoms with Crippen LogP contribution in [0.2, 0.25) is 0 Å². The van der Waals surface area contributed by atoms with E-state index in [1.165, 1.54) is 20.8 Å². The van der Waals surface area contributed by atoms with Crippen LogP contribution >= 0.6 is 0 Å². The molecule has 0 aromatic rings. The van der Waals surface area contributed by atoms with E-state index in [9.17, 15) is 9.59 Å². The van der Waals surface area contributed by atoms with Crippen molar-refractivity contribution in [2.24, 2.45) is 0 Å². The van der Waals surface area contributed by atoms with Gasteiger partial charge < -0.3 is 5.11 Å². The van der Waals surface area contributed by atoms with E-state index >= 15 is 0 Å². The number of allylic oxidation sites excluding steroid dienone is 1. The van der Waals surface area contributed by atoms with Gasteiger partial charge in [0.15, 0.2) is 5.78 Å². The lowest BCUT2D eigenvalue weighted by Gasteiger charge is -1.96. The Kier molecular flexibility index (Phi) is 2.80. The minimum Gasteiger partial charge on any atom is -0.478 e. The van der Waals surface area contributed by atoms with Gasteiger partial charge in [-0.05, 0) is 20.8 Å². The van der Waals surface area contributed by atoms with E-state index in [4.69, 9.17) is 5.11 Å². The van der Waals surface area contributed by atoms with Gasteiger partial charge in [0.05, 0.1) is 0 Å². The van der Waals surface area contributed by atoms with Crippen molar-refractivity contribution in [1.29, 1.82) is 0 Å². The minimum absolute atomic E-state index is 0.118. The quantitative estimate of drug-likeness (QED) is 0.585. The van der Waals surface area contributed by atoms with Crippen LogP contribution in [0.3, 0.4) is 0 Å². The second-order valence-corrected chi connectivity index (χ2v) is 2.11. The first-order chi connectivity index (χ1) is 4.46. The van der Waals surface area contributed by atoms with Crippen molar-refractivity contribution in [3.8, 4) is 0 Å². The lowest BCUT2D eigenvalue weighted by molar-refractivity contribution is -0.133. The highest BCUT2D eigenvalue weighted by molar-refractivity contribution is 6.01. The third-order valence-electron chi connectivity index (χ3n) is 1.41. The number of carbonyl (C=O) groups is 2. The minimum atomic E-state index is -1.03. The molecule has 0 spiro atoms. The molecule has 0 rings (SSSR count). The number of carbonyl (C=O) groups excluding carboxylic acids is 1. The second-order valence-electron chi connectivity index (χ2n) is 2.11. The molecule has 0 aromatic heterocycles. The Balaban J connectivity index is 4.67. The van der Waals surface area contributed by atoms with Gasteiger partial charge in [0, 0.05) is 11.1 Å². The fourth-order valence-corrected chi connectivity index (χ4v) is 0.424. The summed E-state index contributed by atoms with van der Waals surface area (Å²) in [5, 5.41) is 8.39. The standard InChI is InChI=1S/C7H10O3/c1-4(6(3)8)5(2)7(9)10/h1-3H3,(H,9,10). The zero-order valence-electron chi connectivity index (χ0n) is 6.26. The molecule has 3 nitrogen and oxygen atoms in total. The Bertz CT molecular complexity index is 179. The molecule has 56 valence electrons. The molecule has 0 radical (unpaired) electrons. The SMILES string of the molecule is CC(=O)C(C)=C(C)C(=O)O. The van der Waals surface area contributed by atoms with Gasteiger partial charge in [0.1, 0.15) is 0 Å². The van der Waals surface area contributed by atoms with Crippen LogP contribution in [0.25, 0.3) is 0 Å². The normalized spacial score (nSPS) is 12.3. The zero-order chi connectivity index (χ0) is 8.31. The molecular formula is C7H10O3. The Hall–Kier alpha value is -1.12. The molecule has 1 N–H and O–H groups in total. The van der Waals surface area contributed by atoms with E-state index < -0.39 is 5.97 Å². The van der Waals surface area contributed by atoms with Gasteiger partial charge in [-0.3, -0.25) is 4.79 Å². The van der Waals surface area contributed by atoms with Crippen molar-refractivity contribution in [3.63, 3.8) is 0 Å². The zero-order valence-corrected chi connectivity index (χ0v) is 6.26. The number of carboxylic acid groups (broad SMARTS) is 1. The molecule has 0 bridgehead atoms. The number of hydrogen-bond donors (Lipinski definition) is 1. The molecule has 0 aliphatic carbocycles. The number of rotatable bonds is 2. The highest BCUT2D eigenvalue weighted by Gasteiger charge is 2.07. The van der Waals surface area contributed by atoms with E-state index in [2.05, 4.69) is 0 Å². The summed E-state index contributed by atoms with van der Waals surface area (Å²) in [6, 6.07) is 0. The Morgan fingerprint density at radius 1 is 1.00 bits per heavy atom. The Labute approximate surface area is 59.4 Å². The molecule has 3 heteroatoms. The van der Waals surface area contributed by atoms with Crippen LogP contribution in [0.1, 0.15) is 20.8 Å². The van der Waals surface area contributed by atoms with Gasteiger partial charge in [-0.25, -0.2) is 4.79 Å². The van der Waals surface area contributed by atoms with Crippen molar-refractivity contribution in [2.75, 3.05) is 0 Å². The summed E-state index contributed by atoms with van der Waals surface area (Å²) in [4.78, 5) is 20.8. The summed E-state index contributed by atoms with van der Waals surface area (Å²) in [5.74, 6) is -1.23. The summed E-state index contributed by atoms with van der Waals surface area (Å²) in [6.07, 6.45) is 0. The maximum Gasteiger partial charge on any atom is 0.331 e. The van der Waals surface area contributed by atoms with E-state index in [1.807, 2.05) is 0 Å². The summed E-state index contributed by atoms with van der Waals surface area (Å²) in [5.41, 5.74) is 0.431. The Morgan fingerprint density at radius 3 is 1.50 bits per heavy atom. The summed E-state index contributed by atoms with van der Waals surface area (Å²) in [6.45, 7) is 4.27. The molecule has 0 aliphatic heterocycles. The second kappa shape index (κ2) is 3.15. The topological polar surface area (TPSA) is 54.4 Å². The van der Waals surface area contributed by atoms with Crippen molar-refractivity contribution >= 4 is 11.8 Å². The van der Waals surface area contributed by atoms with E-state index in [1.54, 1.807) is 0 Å². The van der Waals surface area contributed by atoms with E-state index in [0.717, 1.165) is 0 Å². The average molecular weight is 142 g/mol. The number of carboxylic acids is 1. The average Bonchev–Trinajstić information content (AvgIpc) is 1.84. The summed E-state index contributed by atoms with van der Waals surface area (Å²) >= 11 is 0. The maximum atomic E-state index is 10.6. The van der Waals surface area contributed by atoms with Crippen LogP contribution in [0.4, 0.5) is 0 Å². The lowest BCUT2D eigenvalue weighted by atomic mass is 10.1. The molecule has 0 atom stereocenters. The molecule has 0 amide bonds. The monoisotopic (exact) mass is 142 g/mol. The molecular weight excluding hydrogens is 132 g/mol. The van der Waals surface area contributed by atoms with Crippen LogP contribution < -0.4 is 0 Å². The molecule has 0 aromatic carbocycles. The predicted octanol–water partition coefficient (Wildman–Crippen LogP) is 0.996. The largest absolute Gasteiger partial charge is 0.478 e. The molecule has 0 fully saturated rings. The van der Waals surface area contributed by atoms with Gasteiger partial charge >= 0.3 is 5.97 Å². The molecule has 0 aliphatic rings. The van der Waals surface area contributed by atoms with Gasteiger partial charge in [0.2, 0.25) is 0 Å². The number of aliphatic carboxylic acids is 1. The van der Waals surface area contributed by atoms with Crippen molar-refractivity contribution < 1.29 is 14.7 Å². The van der Waals surface area contributed by atoms with Gasteiger partial charge in [-0.2, -0.15) is 0 Å². The summed E-state index contributed by atoms with van der Waals surface area (Å²) < 4.78 is 0. The fraction of sp³-hybridized carbons (Fsp3) is 0.429. The molecule has 0 saturated carbocycles. The Morgan fingerprint density at radius 2 is 1.40 bits per heavy atom. The molecule has 0 unspecified atom stereocenters. The van der Waals surface area contributed by atoms with Crippen molar-refractivity contribution in [3.05, 3.63) is 11.1 Å². The molecule has 0 heterocycles. The highest BCUT2D eigenvalue weighted by atomic mass is 16.4. The van der Waals surface area contributed by atoms with Gasteiger partial charge in [-0.15, -0.1) is 0 Å². The first-order valence-electron chi connectivity index (χ1n) is 2.88. The van der Waals surface area contributed by atoms with Crippen LogP contribution in [0.5, 0.6) is 0 Å². The molecule has 0 saturated heterocycles. The first-order valence-corrected chi connectivity index (χ1v) is 2.88. The number of hydrogen-bond acceptors (Lipinski definition) is 2. The predicted molar refractivity (Wildman–Crippen MR) is 36.7 cm³/mol. The fourth-order valence-electron chi connectivity index (χ4n) is 0.424.